The maximum Gasteiger partial charge on any atom is 0.315 e. The molecule has 8 nitrogen and oxygen atoms in total. The maximum atomic E-state index is 12.7. The van der Waals surface area contributed by atoms with Crippen molar-refractivity contribution < 1.29 is 14.7 Å². The van der Waals surface area contributed by atoms with E-state index in [1.165, 1.54) is 0 Å². The van der Waals surface area contributed by atoms with Gasteiger partial charge in [0.05, 0.1) is 12.0 Å². The van der Waals surface area contributed by atoms with Crippen LogP contribution < -0.4 is 16.0 Å². The normalized spacial score (nSPS) is 28.2. The number of amides is 3. The van der Waals surface area contributed by atoms with Crippen LogP contribution in [0.15, 0.2) is 36.5 Å². The number of benzene rings is 1. The lowest BCUT2D eigenvalue weighted by Crippen LogP contribution is -2.44. The quantitative estimate of drug-likeness (QED) is 0.498. The lowest BCUT2D eigenvalue weighted by atomic mass is 9.96. The number of aromatic nitrogens is 2. The Morgan fingerprint density at radius 3 is 2.40 bits per heavy atom. The molecule has 0 aliphatic heterocycles. The molecular formula is C22H27N5O3. The SMILES string of the molecule is O=C(NC1CC1)N[C@@H]1C[C@H](C(=O)NC2CC2)[C@@H](O)[C@H]1c1cnc(-c2ccccc2)[nH]1. The number of nitrogens with zero attached hydrogens (tertiary/aromatic N) is 1. The van der Waals surface area contributed by atoms with Gasteiger partial charge in [-0.1, -0.05) is 30.3 Å². The lowest BCUT2D eigenvalue weighted by Gasteiger charge is -2.22. The Balaban J connectivity index is 1.37. The predicted molar refractivity (Wildman–Crippen MR) is 111 cm³/mol. The van der Waals surface area contributed by atoms with Crippen LogP contribution in [-0.2, 0) is 4.79 Å². The second kappa shape index (κ2) is 7.75. The van der Waals surface area contributed by atoms with Crippen LogP contribution in [0.4, 0.5) is 4.79 Å². The summed E-state index contributed by atoms with van der Waals surface area (Å²) in [7, 11) is 0. The Morgan fingerprint density at radius 2 is 1.70 bits per heavy atom. The fraction of sp³-hybridized carbons (Fsp3) is 0.500. The van der Waals surface area contributed by atoms with E-state index in [1.807, 2.05) is 30.3 Å². The topological polar surface area (TPSA) is 119 Å². The number of hydrogen-bond acceptors (Lipinski definition) is 4. The molecule has 1 heterocycles. The number of aliphatic hydroxyl groups is 1. The molecule has 3 fully saturated rings. The van der Waals surface area contributed by atoms with E-state index in [0.29, 0.717) is 12.2 Å². The van der Waals surface area contributed by atoms with Gasteiger partial charge in [-0.05, 0) is 32.1 Å². The van der Waals surface area contributed by atoms with E-state index in [2.05, 4.69) is 25.9 Å². The van der Waals surface area contributed by atoms with Gasteiger partial charge in [-0.25, -0.2) is 9.78 Å². The predicted octanol–water partition coefficient (Wildman–Crippen LogP) is 1.65. The third-order valence-corrected chi connectivity index (χ3v) is 6.21. The van der Waals surface area contributed by atoms with E-state index >= 15 is 0 Å². The van der Waals surface area contributed by atoms with Crippen molar-refractivity contribution in [1.82, 2.24) is 25.9 Å². The van der Waals surface area contributed by atoms with Crippen LogP contribution in [0.3, 0.4) is 0 Å². The van der Waals surface area contributed by atoms with Crippen molar-refractivity contribution in [2.75, 3.05) is 0 Å². The van der Waals surface area contributed by atoms with Crippen LogP contribution in [0.5, 0.6) is 0 Å². The molecule has 0 bridgehead atoms. The number of aliphatic hydroxyl groups excluding tert-OH is 1. The number of hydrogen-bond donors (Lipinski definition) is 5. The summed E-state index contributed by atoms with van der Waals surface area (Å²) in [6.07, 6.45) is 5.16. The molecule has 0 unspecified atom stereocenters. The molecule has 30 heavy (non-hydrogen) atoms. The summed E-state index contributed by atoms with van der Waals surface area (Å²) in [5.74, 6) is -0.435. The fourth-order valence-corrected chi connectivity index (χ4v) is 4.27. The van der Waals surface area contributed by atoms with Crippen molar-refractivity contribution in [2.24, 2.45) is 5.92 Å². The lowest BCUT2D eigenvalue weighted by molar-refractivity contribution is -0.127. The van der Waals surface area contributed by atoms with Crippen LogP contribution in [0.1, 0.15) is 43.7 Å². The van der Waals surface area contributed by atoms with Gasteiger partial charge in [0.1, 0.15) is 5.82 Å². The second-order valence-electron chi connectivity index (χ2n) is 8.69. The zero-order valence-electron chi connectivity index (χ0n) is 16.7. The van der Waals surface area contributed by atoms with Gasteiger partial charge in [-0.3, -0.25) is 4.79 Å². The number of rotatable bonds is 6. The Morgan fingerprint density at radius 1 is 1.00 bits per heavy atom. The minimum Gasteiger partial charge on any atom is -0.392 e. The molecule has 0 radical (unpaired) electrons. The molecule has 2 aromatic rings. The van der Waals surface area contributed by atoms with Crippen LogP contribution in [0.2, 0.25) is 0 Å². The Bertz CT molecular complexity index is 922. The maximum absolute atomic E-state index is 12.7. The summed E-state index contributed by atoms with van der Waals surface area (Å²) in [5.41, 5.74) is 1.66. The molecular weight excluding hydrogens is 382 g/mol. The first-order chi connectivity index (χ1) is 14.6. The first kappa shape index (κ1) is 19.1. The molecule has 5 rings (SSSR count). The van der Waals surface area contributed by atoms with Gasteiger partial charge in [0, 0.05) is 41.5 Å². The average molecular weight is 409 g/mol. The van der Waals surface area contributed by atoms with Crippen molar-refractivity contribution >= 4 is 11.9 Å². The van der Waals surface area contributed by atoms with Crippen LogP contribution in [-0.4, -0.2) is 51.2 Å². The first-order valence-corrected chi connectivity index (χ1v) is 10.7. The van der Waals surface area contributed by atoms with Gasteiger partial charge in [0.15, 0.2) is 0 Å². The molecule has 3 aliphatic rings. The zero-order chi connectivity index (χ0) is 20.7. The van der Waals surface area contributed by atoms with Crippen LogP contribution in [0.25, 0.3) is 11.4 Å². The number of carbonyl (C=O) groups is 2. The summed E-state index contributed by atoms with van der Waals surface area (Å²) < 4.78 is 0. The fourth-order valence-electron chi connectivity index (χ4n) is 4.27. The highest BCUT2D eigenvalue weighted by atomic mass is 16.3. The Kier molecular flexibility index (Phi) is 4.94. The highest BCUT2D eigenvalue weighted by Gasteiger charge is 2.48. The van der Waals surface area contributed by atoms with Crippen molar-refractivity contribution in [1.29, 1.82) is 0 Å². The summed E-state index contributed by atoms with van der Waals surface area (Å²) in [4.78, 5) is 32.9. The molecule has 3 amide bonds. The van der Waals surface area contributed by atoms with Gasteiger partial charge in [-0.2, -0.15) is 0 Å². The second-order valence-corrected chi connectivity index (χ2v) is 8.69. The number of carbonyl (C=O) groups excluding carboxylic acids is 2. The average Bonchev–Trinajstić information content (AvgIpc) is 3.65. The Hall–Kier alpha value is -2.87. The summed E-state index contributed by atoms with van der Waals surface area (Å²) in [6, 6.07) is 9.58. The van der Waals surface area contributed by atoms with Gasteiger partial charge in [0.25, 0.3) is 0 Å². The molecule has 158 valence electrons. The van der Waals surface area contributed by atoms with E-state index < -0.39 is 17.9 Å². The largest absolute Gasteiger partial charge is 0.392 e. The van der Waals surface area contributed by atoms with Gasteiger partial charge in [0.2, 0.25) is 5.91 Å². The van der Waals surface area contributed by atoms with E-state index in [0.717, 1.165) is 36.9 Å². The molecule has 8 heteroatoms. The van der Waals surface area contributed by atoms with Gasteiger partial charge in [-0.15, -0.1) is 0 Å². The van der Waals surface area contributed by atoms with Crippen molar-refractivity contribution in [2.45, 2.75) is 62.3 Å². The highest BCUT2D eigenvalue weighted by Crippen LogP contribution is 2.39. The number of urea groups is 1. The van der Waals surface area contributed by atoms with Gasteiger partial charge < -0.3 is 26.0 Å². The third-order valence-electron chi connectivity index (χ3n) is 6.21. The van der Waals surface area contributed by atoms with E-state index in [-0.39, 0.29) is 30.1 Å². The number of nitrogens with one attached hydrogen (secondary N) is 4. The summed E-state index contributed by atoms with van der Waals surface area (Å²) in [5, 5.41) is 20.0. The molecule has 4 atom stereocenters. The monoisotopic (exact) mass is 409 g/mol. The van der Waals surface area contributed by atoms with Crippen molar-refractivity contribution in [3.05, 3.63) is 42.2 Å². The molecule has 5 N–H and O–H groups in total. The standard InChI is InChI=1S/C22H27N5O3/c28-19-15(21(29)24-13-6-7-13)10-16(27-22(30)25-14-8-9-14)18(19)17-11-23-20(26-17)12-4-2-1-3-5-12/h1-5,11,13-16,18-19,28H,6-10H2,(H,23,26)(H,24,29)(H2,25,27,30)/t15-,16+,18+,19+/m0/s1. The van der Waals surface area contributed by atoms with E-state index in [4.69, 9.17) is 0 Å². The van der Waals surface area contributed by atoms with Crippen LogP contribution >= 0.6 is 0 Å². The third kappa shape index (κ3) is 4.05. The smallest absolute Gasteiger partial charge is 0.315 e. The first-order valence-electron chi connectivity index (χ1n) is 10.7. The molecule has 3 saturated carbocycles. The number of H-pyrrole nitrogens is 1. The minimum absolute atomic E-state index is 0.135. The van der Waals surface area contributed by atoms with E-state index in [1.54, 1.807) is 6.20 Å². The molecule has 0 spiro atoms. The Labute approximate surface area is 174 Å². The molecule has 0 saturated heterocycles. The van der Waals surface area contributed by atoms with E-state index in [9.17, 15) is 14.7 Å². The number of aromatic amines is 1. The zero-order valence-corrected chi connectivity index (χ0v) is 16.7. The highest BCUT2D eigenvalue weighted by molar-refractivity contribution is 5.81. The number of imidazole rings is 1. The molecule has 1 aromatic heterocycles. The van der Waals surface area contributed by atoms with Gasteiger partial charge >= 0.3 is 6.03 Å². The summed E-state index contributed by atoms with van der Waals surface area (Å²) >= 11 is 0. The molecule has 3 aliphatic carbocycles. The molecule has 1 aromatic carbocycles. The minimum atomic E-state index is -0.904. The summed E-state index contributed by atoms with van der Waals surface area (Å²) in [6.45, 7) is 0. The van der Waals surface area contributed by atoms with Crippen molar-refractivity contribution in [3.8, 4) is 11.4 Å². The van der Waals surface area contributed by atoms with Crippen LogP contribution in [0, 0.1) is 5.92 Å². The van der Waals surface area contributed by atoms with Crippen molar-refractivity contribution in [3.63, 3.8) is 0 Å².